The van der Waals surface area contributed by atoms with Crippen LogP contribution in [0.4, 0.5) is 4.39 Å². The summed E-state index contributed by atoms with van der Waals surface area (Å²) in [5.74, 6) is 0.167. The number of likely N-dealkylation sites (N-methyl/N-ethyl adjacent to an activating group) is 1. The lowest BCUT2D eigenvalue weighted by Gasteiger charge is -2.32. The molecule has 0 radical (unpaired) electrons. The van der Waals surface area contributed by atoms with Crippen molar-refractivity contribution >= 4 is 5.71 Å². The first-order valence-corrected chi connectivity index (χ1v) is 7.12. The molecule has 0 spiro atoms. The van der Waals surface area contributed by atoms with Gasteiger partial charge in [-0.25, -0.2) is 4.39 Å². The van der Waals surface area contributed by atoms with Crippen LogP contribution < -0.4 is 4.74 Å². The van der Waals surface area contributed by atoms with Gasteiger partial charge >= 0.3 is 0 Å². The summed E-state index contributed by atoms with van der Waals surface area (Å²) in [6.45, 7) is 7.18. The largest absolute Gasteiger partial charge is 0.492 e. The predicted octanol–water partition coefficient (Wildman–Crippen LogP) is 1.65. The molecule has 0 amide bonds. The van der Waals surface area contributed by atoms with Crippen molar-refractivity contribution in [2.45, 2.75) is 6.92 Å². The molecule has 1 N–H and O–H groups in total. The number of nitrogens with zero attached hydrogens (tertiary/aromatic N) is 3. The third kappa shape index (κ3) is 4.41. The van der Waals surface area contributed by atoms with Gasteiger partial charge in [-0.05, 0) is 32.2 Å². The number of halogens is 1. The molecule has 1 fully saturated rings. The number of hydrogen-bond acceptors (Lipinski definition) is 5. The molecule has 1 aliphatic rings. The maximum Gasteiger partial charge on any atom is 0.128 e. The minimum absolute atomic E-state index is 0.337. The van der Waals surface area contributed by atoms with E-state index in [4.69, 9.17) is 9.94 Å². The molecule has 1 aromatic rings. The number of piperazine rings is 1. The highest BCUT2D eigenvalue weighted by atomic mass is 19.1. The van der Waals surface area contributed by atoms with Crippen LogP contribution in [0.15, 0.2) is 23.4 Å². The van der Waals surface area contributed by atoms with E-state index >= 15 is 0 Å². The van der Waals surface area contributed by atoms with Crippen LogP contribution in [0.5, 0.6) is 5.75 Å². The SMILES string of the molecule is C/C(=N\O)c1cc(F)ccc1OCCN1CCN(C)CC1. The Balaban J connectivity index is 1.91. The van der Waals surface area contributed by atoms with E-state index in [-0.39, 0.29) is 5.82 Å². The second kappa shape index (κ2) is 7.38. The van der Waals surface area contributed by atoms with Crippen molar-refractivity contribution in [3.8, 4) is 5.75 Å². The highest BCUT2D eigenvalue weighted by molar-refractivity contribution is 6.00. The molecule has 0 unspecified atom stereocenters. The second-order valence-electron chi connectivity index (χ2n) is 5.32. The molecule has 1 aliphatic heterocycles. The Morgan fingerprint density at radius 1 is 1.33 bits per heavy atom. The first kappa shape index (κ1) is 15.7. The molecule has 1 saturated heterocycles. The number of ether oxygens (including phenoxy) is 1. The average Bonchev–Trinajstić information content (AvgIpc) is 2.50. The van der Waals surface area contributed by atoms with Gasteiger partial charge in [-0.3, -0.25) is 4.90 Å². The maximum absolute atomic E-state index is 13.3. The zero-order valence-corrected chi connectivity index (χ0v) is 12.5. The van der Waals surface area contributed by atoms with Crippen LogP contribution in [0.2, 0.25) is 0 Å². The van der Waals surface area contributed by atoms with Gasteiger partial charge in [-0.2, -0.15) is 0 Å². The monoisotopic (exact) mass is 295 g/mol. The van der Waals surface area contributed by atoms with Crippen molar-refractivity contribution in [2.75, 3.05) is 46.4 Å². The van der Waals surface area contributed by atoms with Crippen LogP contribution in [0.3, 0.4) is 0 Å². The predicted molar refractivity (Wildman–Crippen MR) is 79.8 cm³/mol. The van der Waals surface area contributed by atoms with Gasteiger partial charge in [-0.15, -0.1) is 0 Å². The minimum Gasteiger partial charge on any atom is -0.492 e. The lowest BCUT2D eigenvalue weighted by Crippen LogP contribution is -2.45. The normalized spacial score (nSPS) is 18.0. The number of oxime groups is 1. The van der Waals surface area contributed by atoms with Crippen LogP contribution in [0, 0.1) is 5.82 Å². The third-order valence-corrected chi connectivity index (χ3v) is 3.74. The molecule has 116 valence electrons. The van der Waals surface area contributed by atoms with E-state index in [0.717, 1.165) is 32.7 Å². The number of rotatable bonds is 5. The topological polar surface area (TPSA) is 48.3 Å². The van der Waals surface area contributed by atoms with Gasteiger partial charge in [0.1, 0.15) is 18.2 Å². The molecule has 0 aromatic heterocycles. The van der Waals surface area contributed by atoms with E-state index in [1.165, 1.54) is 12.1 Å². The minimum atomic E-state index is -0.376. The molecule has 0 saturated carbocycles. The fraction of sp³-hybridized carbons (Fsp3) is 0.533. The molecular weight excluding hydrogens is 273 g/mol. The first-order valence-electron chi connectivity index (χ1n) is 7.12. The molecule has 6 heteroatoms. The van der Waals surface area contributed by atoms with Gasteiger partial charge in [0, 0.05) is 38.3 Å². The van der Waals surface area contributed by atoms with Gasteiger partial charge in [0.25, 0.3) is 0 Å². The van der Waals surface area contributed by atoms with Crippen LogP contribution in [-0.2, 0) is 0 Å². The Labute approximate surface area is 124 Å². The Morgan fingerprint density at radius 2 is 2.05 bits per heavy atom. The van der Waals surface area contributed by atoms with Crippen LogP contribution in [0.1, 0.15) is 12.5 Å². The maximum atomic E-state index is 13.3. The number of hydrogen-bond donors (Lipinski definition) is 1. The Bertz CT molecular complexity index is 500. The summed E-state index contributed by atoms with van der Waals surface area (Å²) >= 11 is 0. The zero-order valence-electron chi connectivity index (χ0n) is 12.5. The van der Waals surface area contributed by atoms with Crippen LogP contribution in [0.25, 0.3) is 0 Å². The van der Waals surface area contributed by atoms with Crippen LogP contribution in [-0.4, -0.2) is 67.1 Å². The highest BCUT2D eigenvalue weighted by Gasteiger charge is 2.14. The molecule has 0 bridgehead atoms. The second-order valence-corrected chi connectivity index (χ2v) is 5.32. The molecule has 0 aliphatic carbocycles. The molecule has 1 heterocycles. The summed E-state index contributed by atoms with van der Waals surface area (Å²) < 4.78 is 19.0. The molecule has 5 nitrogen and oxygen atoms in total. The van der Waals surface area contributed by atoms with E-state index in [1.54, 1.807) is 13.0 Å². The molecule has 2 rings (SSSR count). The summed E-state index contributed by atoms with van der Waals surface area (Å²) in [7, 11) is 2.12. The van der Waals surface area contributed by atoms with Gasteiger partial charge in [-0.1, -0.05) is 5.16 Å². The molecule has 1 aromatic carbocycles. The lowest BCUT2D eigenvalue weighted by atomic mass is 10.1. The van der Waals surface area contributed by atoms with E-state index in [2.05, 4.69) is 22.0 Å². The van der Waals surface area contributed by atoms with E-state index < -0.39 is 0 Å². The smallest absolute Gasteiger partial charge is 0.128 e. The fourth-order valence-electron chi connectivity index (χ4n) is 2.32. The summed E-state index contributed by atoms with van der Waals surface area (Å²) in [6.07, 6.45) is 0. The summed E-state index contributed by atoms with van der Waals surface area (Å²) in [4.78, 5) is 4.65. The van der Waals surface area contributed by atoms with Gasteiger partial charge in [0.15, 0.2) is 0 Å². The Kier molecular flexibility index (Phi) is 5.52. The zero-order chi connectivity index (χ0) is 15.2. The van der Waals surface area contributed by atoms with Gasteiger partial charge < -0.3 is 14.8 Å². The van der Waals surface area contributed by atoms with Crippen molar-refractivity contribution in [1.82, 2.24) is 9.80 Å². The standard InChI is InChI=1S/C15H22FN3O2/c1-12(17-20)14-11-13(16)3-4-15(14)21-10-9-19-7-5-18(2)6-8-19/h3-4,11,20H,5-10H2,1-2H3/b17-12+. The molecule has 0 atom stereocenters. The van der Waals surface area contributed by atoms with Crippen molar-refractivity contribution in [3.05, 3.63) is 29.6 Å². The van der Waals surface area contributed by atoms with E-state index in [0.29, 0.717) is 23.6 Å². The van der Waals surface area contributed by atoms with Crippen molar-refractivity contribution in [2.24, 2.45) is 5.16 Å². The van der Waals surface area contributed by atoms with Gasteiger partial charge in [0.05, 0.1) is 5.71 Å². The fourth-order valence-corrected chi connectivity index (χ4v) is 2.32. The molecular formula is C15H22FN3O2. The van der Waals surface area contributed by atoms with E-state index in [1.807, 2.05) is 0 Å². The quantitative estimate of drug-likeness (QED) is 0.510. The highest BCUT2D eigenvalue weighted by Crippen LogP contribution is 2.20. The average molecular weight is 295 g/mol. The van der Waals surface area contributed by atoms with Gasteiger partial charge in [0.2, 0.25) is 0 Å². The summed E-state index contributed by atoms with van der Waals surface area (Å²) in [5.41, 5.74) is 0.819. The third-order valence-electron chi connectivity index (χ3n) is 3.74. The summed E-state index contributed by atoms with van der Waals surface area (Å²) in [5, 5.41) is 12.0. The first-order chi connectivity index (χ1) is 10.1. The van der Waals surface area contributed by atoms with Crippen molar-refractivity contribution < 1.29 is 14.3 Å². The van der Waals surface area contributed by atoms with E-state index in [9.17, 15) is 4.39 Å². The summed E-state index contributed by atoms with van der Waals surface area (Å²) in [6, 6.07) is 4.24. The Hall–Kier alpha value is -1.66. The molecule has 21 heavy (non-hydrogen) atoms. The van der Waals surface area contributed by atoms with Crippen molar-refractivity contribution in [1.29, 1.82) is 0 Å². The number of benzene rings is 1. The van der Waals surface area contributed by atoms with Crippen molar-refractivity contribution in [3.63, 3.8) is 0 Å². The Morgan fingerprint density at radius 3 is 2.71 bits per heavy atom. The van der Waals surface area contributed by atoms with Crippen LogP contribution >= 0.6 is 0 Å². The lowest BCUT2D eigenvalue weighted by molar-refractivity contribution is 0.133.